The molecule has 68 valence electrons. The Morgan fingerprint density at radius 1 is 1.75 bits per heavy atom. The van der Waals surface area contributed by atoms with Gasteiger partial charge in [0.2, 0.25) is 11.8 Å². The van der Waals surface area contributed by atoms with Gasteiger partial charge in [-0.05, 0) is 12.8 Å². The summed E-state index contributed by atoms with van der Waals surface area (Å²) in [7, 11) is 1.62. The van der Waals surface area contributed by atoms with Gasteiger partial charge in [0, 0.05) is 13.5 Å². The van der Waals surface area contributed by atoms with Crippen LogP contribution in [0.5, 0.6) is 0 Å². The number of nitrogens with zero attached hydrogens (tertiary/aromatic N) is 1. The zero-order valence-electron chi connectivity index (χ0n) is 7.63. The van der Waals surface area contributed by atoms with Crippen LogP contribution in [-0.2, 0) is 9.59 Å². The van der Waals surface area contributed by atoms with Gasteiger partial charge in [-0.15, -0.1) is 0 Å². The predicted molar refractivity (Wildman–Crippen MR) is 44.2 cm³/mol. The van der Waals surface area contributed by atoms with Crippen molar-refractivity contribution in [3.05, 3.63) is 0 Å². The van der Waals surface area contributed by atoms with Crippen molar-refractivity contribution in [3.63, 3.8) is 0 Å². The molecule has 1 aliphatic rings. The molecule has 4 heteroatoms. The van der Waals surface area contributed by atoms with Crippen LogP contribution in [0.3, 0.4) is 0 Å². The Morgan fingerprint density at radius 3 is 2.42 bits per heavy atom. The van der Waals surface area contributed by atoms with Crippen molar-refractivity contribution in [1.82, 2.24) is 4.90 Å². The van der Waals surface area contributed by atoms with Crippen LogP contribution in [0.2, 0.25) is 0 Å². The largest absolute Gasteiger partial charge is 0.368 e. The zero-order chi connectivity index (χ0) is 9.52. The molecule has 1 saturated heterocycles. The first-order chi connectivity index (χ1) is 5.40. The second-order valence-electron chi connectivity index (χ2n) is 3.57. The van der Waals surface area contributed by atoms with E-state index in [1.165, 1.54) is 4.90 Å². The van der Waals surface area contributed by atoms with Crippen LogP contribution in [0.4, 0.5) is 0 Å². The minimum absolute atomic E-state index is 0.00694. The van der Waals surface area contributed by atoms with Gasteiger partial charge in [0.1, 0.15) is 5.54 Å². The van der Waals surface area contributed by atoms with Gasteiger partial charge in [0.25, 0.3) is 0 Å². The monoisotopic (exact) mass is 170 g/mol. The fraction of sp³-hybridized carbons (Fsp3) is 0.750. The van der Waals surface area contributed by atoms with Gasteiger partial charge >= 0.3 is 0 Å². The maximum Gasteiger partial charge on any atom is 0.243 e. The van der Waals surface area contributed by atoms with Gasteiger partial charge in [-0.1, -0.05) is 6.92 Å². The lowest BCUT2D eigenvalue weighted by molar-refractivity contribution is -0.137. The number of nitrogens with two attached hydrogens (primary N) is 1. The molecule has 0 aromatic rings. The second kappa shape index (κ2) is 2.47. The number of hydrogen-bond donors (Lipinski definition) is 1. The molecule has 0 aliphatic carbocycles. The Balaban J connectivity index is 3.03. The number of likely N-dealkylation sites (tertiary alicyclic amines) is 1. The van der Waals surface area contributed by atoms with Crippen LogP contribution in [0.25, 0.3) is 0 Å². The summed E-state index contributed by atoms with van der Waals surface area (Å²) >= 11 is 0. The highest BCUT2D eigenvalue weighted by Gasteiger charge is 2.49. The first kappa shape index (κ1) is 9.03. The average molecular weight is 170 g/mol. The molecule has 0 radical (unpaired) electrons. The summed E-state index contributed by atoms with van der Waals surface area (Å²) in [4.78, 5) is 23.8. The van der Waals surface area contributed by atoms with Crippen molar-refractivity contribution < 1.29 is 9.59 Å². The molecule has 2 N–H and O–H groups in total. The van der Waals surface area contributed by atoms with E-state index in [1.807, 2.05) is 6.92 Å². The molecule has 2 amide bonds. The lowest BCUT2D eigenvalue weighted by Crippen LogP contribution is -2.53. The molecule has 2 atom stereocenters. The van der Waals surface area contributed by atoms with E-state index < -0.39 is 11.4 Å². The highest BCUT2D eigenvalue weighted by molar-refractivity contribution is 5.93. The highest BCUT2D eigenvalue weighted by Crippen LogP contribution is 2.33. The normalized spacial score (nSPS) is 35.8. The molecular weight excluding hydrogens is 156 g/mol. The van der Waals surface area contributed by atoms with Gasteiger partial charge in [0.15, 0.2) is 0 Å². The van der Waals surface area contributed by atoms with E-state index in [2.05, 4.69) is 0 Å². The van der Waals surface area contributed by atoms with E-state index in [0.717, 1.165) is 0 Å². The van der Waals surface area contributed by atoms with Crippen LogP contribution in [0, 0.1) is 5.92 Å². The molecule has 1 unspecified atom stereocenters. The summed E-state index contributed by atoms with van der Waals surface area (Å²) < 4.78 is 0. The van der Waals surface area contributed by atoms with Crippen molar-refractivity contribution in [1.29, 1.82) is 0 Å². The van der Waals surface area contributed by atoms with Crippen molar-refractivity contribution in [2.24, 2.45) is 11.7 Å². The third-order valence-corrected chi connectivity index (χ3v) is 3.01. The van der Waals surface area contributed by atoms with E-state index in [-0.39, 0.29) is 11.8 Å². The summed E-state index contributed by atoms with van der Waals surface area (Å²) in [6.45, 7) is 3.58. The third-order valence-electron chi connectivity index (χ3n) is 3.01. The number of carbonyl (C=O) groups is 2. The van der Waals surface area contributed by atoms with Crippen LogP contribution in [-0.4, -0.2) is 29.3 Å². The van der Waals surface area contributed by atoms with Crippen molar-refractivity contribution in [2.75, 3.05) is 7.05 Å². The van der Waals surface area contributed by atoms with Gasteiger partial charge in [-0.3, -0.25) is 9.59 Å². The summed E-state index contributed by atoms with van der Waals surface area (Å²) in [6.07, 6.45) is 0.413. The van der Waals surface area contributed by atoms with Crippen LogP contribution >= 0.6 is 0 Å². The van der Waals surface area contributed by atoms with Gasteiger partial charge in [-0.25, -0.2) is 0 Å². The maximum absolute atomic E-state index is 11.2. The van der Waals surface area contributed by atoms with Crippen LogP contribution in [0.15, 0.2) is 0 Å². The van der Waals surface area contributed by atoms with Crippen molar-refractivity contribution in [2.45, 2.75) is 25.8 Å². The van der Waals surface area contributed by atoms with Crippen molar-refractivity contribution >= 4 is 11.8 Å². The molecular formula is C8H14N2O2. The Bertz CT molecular complexity index is 239. The summed E-state index contributed by atoms with van der Waals surface area (Å²) in [5.41, 5.74) is 4.45. The molecule has 1 rings (SSSR count). The van der Waals surface area contributed by atoms with Crippen LogP contribution < -0.4 is 5.73 Å². The van der Waals surface area contributed by atoms with E-state index in [9.17, 15) is 9.59 Å². The minimum Gasteiger partial charge on any atom is -0.368 e. The molecule has 1 fully saturated rings. The average Bonchev–Trinajstić information content (AvgIpc) is 2.16. The Morgan fingerprint density at radius 2 is 2.25 bits per heavy atom. The summed E-state index contributed by atoms with van der Waals surface area (Å²) in [5, 5.41) is 0. The third kappa shape index (κ3) is 0.906. The molecule has 0 aromatic heterocycles. The number of hydrogen-bond acceptors (Lipinski definition) is 2. The van der Waals surface area contributed by atoms with Crippen molar-refractivity contribution in [3.8, 4) is 0 Å². The SMILES string of the molecule is CC1CC(=O)N(C)[C@]1(C)C(N)=O. The number of carbonyl (C=O) groups excluding carboxylic acids is 2. The number of amides is 2. The molecule has 1 aliphatic heterocycles. The fourth-order valence-corrected chi connectivity index (χ4v) is 1.60. The summed E-state index contributed by atoms with van der Waals surface area (Å²) in [5.74, 6) is -0.431. The second-order valence-corrected chi connectivity index (χ2v) is 3.57. The fourth-order valence-electron chi connectivity index (χ4n) is 1.60. The highest BCUT2D eigenvalue weighted by atomic mass is 16.2. The van der Waals surface area contributed by atoms with E-state index in [0.29, 0.717) is 6.42 Å². The lowest BCUT2D eigenvalue weighted by atomic mass is 9.88. The molecule has 12 heavy (non-hydrogen) atoms. The quantitative estimate of drug-likeness (QED) is 0.588. The zero-order valence-corrected chi connectivity index (χ0v) is 7.63. The van der Waals surface area contributed by atoms with E-state index >= 15 is 0 Å². The molecule has 4 nitrogen and oxygen atoms in total. The Labute approximate surface area is 71.7 Å². The topological polar surface area (TPSA) is 63.4 Å². The van der Waals surface area contributed by atoms with Gasteiger partial charge in [0.05, 0.1) is 0 Å². The predicted octanol–water partition coefficient (Wildman–Crippen LogP) is -0.271. The Kier molecular flexibility index (Phi) is 1.86. The molecule has 0 aromatic carbocycles. The smallest absolute Gasteiger partial charge is 0.243 e. The minimum atomic E-state index is -0.795. The molecule has 0 saturated carbocycles. The summed E-state index contributed by atoms with van der Waals surface area (Å²) in [6, 6.07) is 0. The lowest BCUT2D eigenvalue weighted by Gasteiger charge is -2.32. The van der Waals surface area contributed by atoms with E-state index in [1.54, 1.807) is 14.0 Å². The first-order valence-corrected chi connectivity index (χ1v) is 3.97. The maximum atomic E-state index is 11.2. The standard InChI is InChI=1S/C8H14N2O2/c1-5-4-6(11)10(3)8(5,2)7(9)12/h5H,4H2,1-3H3,(H2,9,12)/t5?,8-/m0/s1. The molecule has 0 spiro atoms. The molecule has 0 bridgehead atoms. The Hall–Kier alpha value is -1.06. The number of rotatable bonds is 1. The first-order valence-electron chi connectivity index (χ1n) is 3.97. The van der Waals surface area contributed by atoms with Crippen LogP contribution in [0.1, 0.15) is 20.3 Å². The van der Waals surface area contributed by atoms with E-state index in [4.69, 9.17) is 5.73 Å². The number of primary amides is 1. The number of likely N-dealkylation sites (N-methyl/N-ethyl adjacent to an activating group) is 1. The molecule has 1 heterocycles. The van der Waals surface area contributed by atoms with Gasteiger partial charge in [-0.2, -0.15) is 0 Å². The van der Waals surface area contributed by atoms with Gasteiger partial charge < -0.3 is 10.6 Å².